The summed E-state index contributed by atoms with van der Waals surface area (Å²) in [7, 11) is 0. The molecule has 0 radical (unpaired) electrons. The quantitative estimate of drug-likeness (QED) is 0.943. The molecule has 2 heterocycles. The van der Waals surface area contributed by atoms with Gasteiger partial charge < -0.3 is 9.84 Å². The molecule has 106 valence electrons. The number of hydrogen-bond donors (Lipinski definition) is 1. The third-order valence-corrected chi connectivity index (χ3v) is 4.28. The van der Waals surface area contributed by atoms with E-state index >= 15 is 0 Å². The minimum atomic E-state index is 0.360. The van der Waals surface area contributed by atoms with E-state index in [4.69, 9.17) is 27.7 Å². The SMILES string of the molecule is Clc1cccc(Cl)c1Cc1noc(C2CCNCC2)n1. The predicted octanol–water partition coefficient (Wildman–Crippen LogP) is 3.43. The van der Waals surface area contributed by atoms with Crippen LogP contribution in [0.4, 0.5) is 0 Å². The molecule has 0 spiro atoms. The molecule has 0 amide bonds. The Morgan fingerprint density at radius 1 is 1.20 bits per heavy atom. The Morgan fingerprint density at radius 2 is 1.90 bits per heavy atom. The molecule has 0 aliphatic carbocycles. The number of hydrogen-bond acceptors (Lipinski definition) is 4. The highest BCUT2D eigenvalue weighted by Gasteiger charge is 2.21. The third kappa shape index (κ3) is 2.97. The van der Waals surface area contributed by atoms with Crippen LogP contribution < -0.4 is 5.32 Å². The molecule has 2 aromatic rings. The van der Waals surface area contributed by atoms with Crippen molar-refractivity contribution in [1.29, 1.82) is 0 Å². The maximum Gasteiger partial charge on any atom is 0.229 e. The topological polar surface area (TPSA) is 51.0 Å². The Bertz CT molecular complexity index is 574. The zero-order valence-corrected chi connectivity index (χ0v) is 12.4. The molecule has 1 fully saturated rings. The molecular formula is C14H15Cl2N3O. The minimum Gasteiger partial charge on any atom is -0.339 e. The Hall–Kier alpha value is -1.10. The van der Waals surface area contributed by atoms with Crippen LogP contribution in [0.5, 0.6) is 0 Å². The van der Waals surface area contributed by atoms with Crippen LogP contribution in [0, 0.1) is 0 Å². The summed E-state index contributed by atoms with van der Waals surface area (Å²) in [6, 6.07) is 5.46. The fraction of sp³-hybridized carbons (Fsp3) is 0.429. The fourth-order valence-electron chi connectivity index (χ4n) is 2.43. The van der Waals surface area contributed by atoms with Crippen LogP contribution in [0.25, 0.3) is 0 Å². The smallest absolute Gasteiger partial charge is 0.229 e. The van der Waals surface area contributed by atoms with Crippen molar-refractivity contribution in [2.75, 3.05) is 13.1 Å². The first-order valence-corrected chi connectivity index (χ1v) is 7.45. The Kier molecular flexibility index (Phi) is 4.24. The van der Waals surface area contributed by atoms with Crippen LogP contribution in [0.3, 0.4) is 0 Å². The lowest BCUT2D eigenvalue weighted by atomic mass is 9.98. The second-order valence-electron chi connectivity index (χ2n) is 4.95. The van der Waals surface area contributed by atoms with E-state index in [0.717, 1.165) is 37.4 Å². The fourth-order valence-corrected chi connectivity index (χ4v) is 2.96. The van der Waals surface area contributed by atoms with Gasteiger partial charge in [0, 0.05) is 22.4 Å². The first kappa shape index (κ1) is 13.9. The molecule has 0 atom stereocenters. The number of piperidine rings is 1. The maximum absolute atomic E-state index is 6.16. The molecule has 1 aromatic heterocycles. The second-order valence-corrected chi connectivity index (χ2v) is 5.76. The zero-order chi connectivity index (χ0) is 13.9. The molecule has 1 saturated heterocycles. The lowest BCUT2D eigenvalue weighted by Crippen LogP contribution is -2.26. The molecule has 6 heteroatoms. The van der Waals surface area contributed by atoms with E-state index in [-0.39, 0.29) is 0 Å². The van der Waals surface area contributed by atoms with Gasteiger partial charge in [0.1, 0.15) is 0 Å². The predicted molar refractivity (Wildman–Crippen MR) is 78.4 cm³/mol. The second kappa shape index (κ2) is 6.12. The molecule has 0 saturated carbocycles. The van der Waals surface area contributed by atoms with Gasteiger partial charge >= 0.3 is 0 Å². The molecule has 4 nitrogen and oxygen atoms in total. The van der Waals surface area contributed by atoms with Crippen molar-refractivity contribution < 1.29 is 4.52 Å². The van der Waals surface area contributed by atoms with Gasteiger partial charge in [-0.1, -0.05) is 34.4 Å². The first-order chi connectivity index (χ1) is 9.74. The van der Waals surface area contributed by atoms with Gasteiger partial charge in [-0.25, -0.2) is 0 Å². The van der Waals surface area contributed by atoms with Crippen molar-refractivity contribution >= 4 is 23.2 Å². The number of rotatable bonds is 3. The van der Waals surface area contributed by atoms with Gasteiger partial charge in [0.15, 0.2) is 5.82 Å². The van der Waals surface area contributed by atoms with Gasteiger partial charge in [0.2, 0.25) is 5.89 Å². The summed E-state index contributed by atoms with van der Waals surface area (Å²) in [6.45, 7) is 2.00. The average Bonchev–Trinajstić information content (AvgIpc) is 2.93. The Labute approximate surface area is 127 Å². The van der Waals surface area contributed by atoms with Crippen molar-refractivity contribution in [1.82, 2.24) is 15.5 Å². The van der Waals surface area contributed by atoms with Crippen LogP contribution in [-0.4, -0.2) is 23.2 Å². The monoisotopic (exact) mass is 311 g/mol. The molecule has 1 aliphatic rings. The van der Waals surface area contributed by atoms with Crippen molar-refractivity contribution in [3.05, 3.63) is 45.5 Å². The van der Waals surface area contributed by atoms with Crippen LogP contribution in [-0.2, 0) is 6.42 Å². The molecule has 1 aromatic carbocycles. The number of halogens is 2. The standard InChI is InChI=1S/C14H15Cl2N3O/c15-11-2-1-3-12(16)10(11)8-13-18-14(20-19-13)9-4-6-17-7-5-9/h1-3,9,17H,4-8H2. The van der Waals surface area contributed by atoms with E-state index < -0.39 is 0 Å². The third-order valence-electron chi connectivity index (χ3n) is 3.57. The lowest BCUT2D eigenvalue weighted by molar-refractivity contribution is 0.318. The maximum atomic E-state index is 6.16. The van der Waals surface area contributed by atoms with Gasteiger partial charge in [-0.05, 0) is 43.6 Å². The largest absolute Gasteiger partial charge is 0.339 e. The van der Waals surface area contributed by atoms with Crippen LogP contribution >= 0.6 is 23.2 Å². The summed E-state index contributed by atoms with van der Waals surface area (Å²) in [6.07, 6.45) is 2.57. The average molecular weight is 312 g/mol. The van der Waals surface area contributed by atoms with Gasteiger partial charge in [0.25, 0.3) is 0 Å². The van der Waals surface area contributed by atoms with E-state index in [2.05, 4.69) is 15.5 Å². The van der Waals surface area contributed by atoms with Crippen molar-refractivity contribution in [3.8, 4) is 0 Å². The van der Waals surface area contributed by atoms with E-state index in [0.29, 0.717) is 28.2 Å². The van der Waals surface area contributed by atoms with Crippen LogP contribution in [0.2, 0.25) is 10.0 Å². The van der Waals surface area contributed by atoms with Gasteiger partial charge in [0.05, 0.1) is 0 Å². The molecule has 20 heavy (non-hydrogen) atoms. The van der Waals surface area contributed by atoms with Gasteiger partial charge in [-0.15, -0.1) is 0 Å². The number of nitrogens with zero attached hydrogens (tertiary/aromatic N) is 2. The van der Waals surface area contributed by atoms with Crippen molar-refractivity contribution in [2.45, 2.75) is 25.2 Å². The molecular weight excluding hydrogens is 297 g/mol. The van der Waals surface area contributed by atoms with Crippen LogP contribution in [0.1, 0.15) is 36.0 Å². The summed E-state index contributed by atoms with van der Waals surface area (Å²) < 4.78 is 5.38. The summed E-state index contributed by atoms with van der Waals surface area (Å²) in [5, 5.41) is 8.63. The van der Waals surface area contributed by atoms with Crippen LogP contribution in [0.15, 0.2) is 22.7 Å². The summed E-state index contributed by atoms with van der Waals surface area (Å²) >= 11 is 12.3. The van der Waals surface area contributed by atoms with E-state index in [1.807, 2.05) is 18.2 Å². The van der Waals surface area contributed by atoms with Gasteiger partial charge in [-0.3, -0.25) is 0 Å². The Balaban J connectivity index is 1.77. The lowest BCUT2D eigenvalue weighted by Gasteiger charge is -2.18. The highest BCUT2D eigenvalue weighted by molar-refractivity contribution is 6.36. The minimum absolute atomic E-state index is 0.360. The molecule has 0 bridgehead atoms. The number of nitrogens with one attached hydrogen (secondary N) is 1. The van der Waals surface area contributed by atoms with E-state index in [9.17, 15) is 0 Å². The first-order valence-electron chi connectivity index (χ1n) is 6.70. The van der Waals surface area contributed by atoms with Gasteiger partial charge in [-0.2, -0.15) is 4.98 Å². The number of benzene rings is 1. The molecule has 1 aliphatic heterocycles. The number of aromatic nitrogens is 2. The highest BCUT2D eigenvalue weighted by Crippen LogP contribution is 2.28. The summed E-state index contributed by atoms with van der Waals surface area (Å²) in [5.41, 5.74) is 0.841. The highest BCUT2D eigenvalue weighted by atomic mass is 35.5. The summed E-state index contributed by atoms with van der Waals surface area (Å²) in [4.78, 5) is 4.49. The normalized spacial score (nSPS) is 16.5. The van der Waals surface area contributed by atoms with E-state index in [1.54, 1.807) is 0 Å². The van der Waals surface area contributed by atoms with E-state index in [1.165, 1.54) is 0 Å². The van der Waals surface area contributed by atoms with Crippen molar-refractivity contribution in [2.24, 2.45) is 0 Å². The Morgan fingerprint density at radius 3 is 2.60 bits per heavy atom. The molecule has 1 N–H and O–H groups in total. The van der Waals surface area contributed by atoms with Crippen molar-refractivity contribution in [3.63, 3.8) is 0 Å². The zero-order valence-electron chi connectivity index (χ0n) is 10.9. The molecule has 3 rings (SSSR count). The molecule has 0 unspecified atom stereocenters. The summed E-state index contributed by atoms with van der Waals surface area (Å²) in [5.74, 6) is 1.72.